The summed E-state index contributed by atoms with van der Waals surface area (Å²) in [5.41, 5.74) is 0. The maximum atomic E-state index is 11.9. The number of carbonyl (C=O) groups is 4. The third-order valence-electron chi connectivity index (χ3n) is 3.37. The lowest BCUT2D eigenvalue weighted by molar-refractivity contribution is -0.311. The van der Waals surface area contributed by atoms with Gasteiger partial charge in [-0.2, -0.15) is 0 Å². The molecule has 0 bridgehead atoms. The van der Waals surface area contributed by atoms with E-state index in [-0.39, 0.29) is 26.2 Å². The highest BCUT2D eigenvalue weighted by molar-refractivity contribution is 5.78. The van der Waals surface area contributed by atoms with Gasteiger partial charge in [-0.3, -0.25) is 14.6 Å². The maximum absolute atomic E-state index is 11.9. The van der Waals surface area contributed by atoms with E-state index < -0.39 is 43.4 Å². The maximum Gasteiger partial charge on any atom is 0.234 e. The van der Waals surface area contributed by atoms with E-state index in [4.69, 9.17) is 4.74 Å². The van der Waals surface area contributed by atoms with Gasteiger partial charge in [0.05, 0.1) is 31.1 Å². The summed E-state index contributed by atoms with van der Waals surface area (Å²) in [6, 6.07) is 0. The molecule has 0 unspecified atom stereocenters. The zero-order valence-corrected chi connectivity index (χ0v) is 15.4. The van der Waals surface area contributed by atoms with Crippen molar-refractivity contribution in [1.82, 2.24) is 15.1 Å². The summed E-state index contributed by atoms with van der Waals surface area (Å²) in [5.74, 6) is -4.83. The van der Waals surface area contributed by atoms with Crippen molar-refractivity contribution in [2.24, 2.45) is 0 Å². The normalized spacial score (nSPS) is 10.9. The largest absolute Gasteiger partial charge is 0.549 e. The number of amides is 1. The number of hydrogen-bond acceptors (Lipinski definition) is 10. The molecule has 0 aliphatic carbocycles. The number of ether oxygens (including phenoxy) is 1. The number of hydrogen-bond donors (Lipinski definition) is 1. The first kappa shape index (κ1) is 24.8. The molecule has 156 valence electrons. The summed E-state index contributed by atoms with van der Waals surface area (Å²) in [6.45, 7) is 0.896. The number of aliphatic carboxylic acids is 3. The van der Waals surface area contributed by atoms with Gasteiger partial charge in [0.15, 0.2) is 0 Å². The van der Waals surface area contributed by atoms with Crippen molar-refractivity contribution in [2.45, 2.75) is 19.8 Å². The van der Waals surface area contributed by atoms with Crippen LogP contribution in [0, 0.1) is 0 Å². The summed E-state index contributed by atoms with van der Waals surface area (Å²) in [4.78, 5) is 46.2. The van der Waals surface area contributed by atoms with Crippen LogP contribution in [0.15, 0.2) is 0 Å². The summed E-state index contributed by atoms with van der Waals surface area (Å²) < 4.78 is 5.28. The fourth-order valence-corrected chi connectivity index (χ4v) is 2.13. The second kappa shape index (κ2) is 14.9. The fourth-order valence-electron chi connectivity index (χ4n) is 2.13. The number of carboxylic acids is 3. The van der Waals surface area contributed by atoms with Crippen molar-refractivity contribution < 1.29 is 39.2 Å². The summed E-state index contributed by atoms with van der Waals surface area (Å²) in [5, 5.41) is 34.7. The smallest absolute Gasteiger partial charge is 0.234 e. The van der Waals surface area contributed by atoms with Gasteiger partial charge in [-0.05, 0) is 6.42 Å². The predicted octanol–water partition coefficient (Wildman–Crippen LogP) is -5.23. The second-order valence-corrected chi connectivity index (χ2v) is 5.85. The molecule has 0 aromatic rings. The quantitative estimate of drug-likeness (QED) is 0.238. The third-order valence-corrected chi connectivity index (χ3v) is 3.37. The Labute approximate surface area is 157 Å². The molecule has 11 heteroatoms. The average Bonchev–Trinajstić information content (AvgIpc) is 2.54. The van der Waals surface area contributed by atoms with Crippen LogP contribution in [-0.2, 0) is 23.9 Å². The molecule has 0 spiro atoms. The van der Waals surface area contributed by atoms with Crippen LogP contribution in [0.1, 0.15) is 19.8 Å². The Bertz CT molecular complexity index is 470. The van der Waals surface area contributed by atoms with Gasteiger partial charge < -0.3 is 39.8 Å². The lowest BCUT2D eigenvalue weighted by Gasteiger charge is -2.28. The van der Waals surface area contributed by atoms with Gasteiger partial charge in [0.25, 0.3) is 0 Å². The molecule has 1 N–H and O–H groups in total. The number of carboxylic acid groups (broad SMARTS) is 3. The topological polar surface area (TPSA) is 165 Å². The Balaban J connectivity index is 4.42. The molecule has 0 atom stereocenters. The molecular formula is C16H26N3O8-3. The lowest BCUT2D eigenvalue weighted by Crippen LogP contribution is -2.49. The third kappa shape index (κ3) is 15.7. The number of unbranched alkanes of at least 4 members (excludes halogenated alkanes) is 1. The molecule has 0 aliphatic rings. The molecule has 0 aromatic carbocycles. The minimum Gasteiger partial charge on any atom is -0.549 e. The Morgan fingerprint density at radius 1 is 0.815 bits per heavy atom. The molecule has 0 aromatic heterocycles. The van der Waals surface area contributed by atoms with E-state index in [0.717, 1.165) is 17.7 Å². The number of rotatable bonds is 17. The molecule has 0 rings (SSSR count). The van der Waals surface area contributed by atoms with Crippen molar-refractivity contribution in [3.8, 4) is 0 Å². The molecule has 0 fully saturated rings. The zero-order valence-electron chi connectivity index (χ0n) is 15.4. The summed E-state index contributed by atoms with van der Waals surface area (Å²) in [7, 11) is 0. The van der Waals surface area contributed by atoms with Crippen molar-refractivity contribution >= 4 is 23.8 Å². The Hall–Kier alpha value is -2.24. The average molecular weight is 388 g/mol. The number of nitrogens with one attached hydrogen (secondary N) is 1. The monoisotopic (exact) mass is 388 g/mol. The Kier molecular flexibility index (Phi) is 13.6. The van der Waals surface area contributed by atoms with E-state index in [2.05, 4.69) is 5.32 Å². The molecule has 11 nitrogen and oxygen atoms in total. The van der Waals surface area contributed by atoms with E-state index in [1.54, 1.807) is 0 Å². The van der Waals surface area contributed by atoms with Crippen LogP contribution in [0.4, 0.5) is 0 Å². The standard InChI is InChI=1S/C16H29N3O8/c1-2-3-7-27-8-4-17-13(20)9-18(10-14(21)22)5-6-19(11-15(23)24)12-16(25)26/h2-12H2,1H3,(H,17,20)(H,21,22)(H,23,24)(H,25,26)/p-3. The SMILES string of the molecule is CCCCOCCNC(=O)CN(CCN(CC(=O)[O-])CC(=O)[O-])CC(=O)[O-]. The van der Waals surface area contributed by atoms with Crippen molar-refractivity contribution in [2.75, 3.05) is 59.0 Å². The molecule has 0 saturated carbocycles. The highest BCUT2D eigenvalue weighted by Gasteiger charge is 2.13. The Morgan fingerprint density at radius 2 is 1.30 bits per heavy atom. The molecule has 0 saturated heterocycles. The van der Waals surface area contributed by atoms with Gasteiger partial charge in [-0.15, -0.1) is 0 Å². The highest BCUT2D eigenvalue weighted by Crippen LogP contribution is 1.93. The number of carbonyl (C=O) groups excluding carboxylic acids is 4. The first-order valence-corrected chi connectivity index (χ1v) is 8.63. The first-order chi connectivity index (χ1) is 12.7. The van der Waals surface area contributed by atoms with Crippen LogP contribution in [0.2, 0.25) is 0 Å². The van der Waals surface area contributed by atoms with Crippen LogP contribution in [0.3, 0.4) is 0 Å². The van der Waals surface area contributed by atoms with Crippen LogP contribution in [0.5, 0.6) is 0 Å². The van der Waals surface area contributed by atoms with E-state index in [0.29, 0.717) is 13.2 Å². The van der Waals surface area contributed by atoms with Crippen molar-refractivity contribution in [3.63, 3.8) is 0 Å². The van der Waals surface area contributed by atoms with E-state index in [9.17, 15) is 34.5 Å². The zero-order chi connectivity index (χ0) is 20.7. The van der Waals surface area contributed by atoms with Crippen LogP contribution in [-0.4, -0.2) is 92.6 Å². The fraction of sp³-hybridized carbons (Fsp3) is 0.750. The van der Waals surface area contributed by atoms with E-state index >= 15 is 0 Å². The van der Waals surface area contributed by atoms with Gasteiger partial charge in [0.2, 0.25) is 5.91 Å². The first-order valence-electron chi connectivity index (χ1n) is 8.63. The second-order valence-electron chi connectivity index (χ2n) is 5.85. The Morgan fingerprint density at radius 3 is 1.74 bits per heavy atom. The molecule has 0 aliphatic heterocycles. The van der Waals surface area contributed by atoms with Crippen LogP contribution >= 0.6 is 0 Å². The minimum absolute atomic E-state index is 0.0606. The molecular weight excluding hydrogens is 362 g/mol. The molecule has 0 heterocycles. The van der Waals surface area contributed by atoms with Gasteiger partial charge in [-0.1, -0.05) is 13.3 Å². The predicted molar refractivity (Wildman–Crippen MR) is 86.6 cm³/mol. The van der Waals surface area contributed by atoms with Gasteiger partial charge in [0, 0.05) is 45.9 Å². The van der Waals surface area contributed by atoms with Gasteiger partial charge >= 0.3 is 0 Å². The van der Waals surface area contributed by atoms with Crippen molar-refractivity contribution in [1.29, 1.82) is 0 Å². The van der Waals surface area contributed by atoms with E-state index in [1.165, 1.54) is 4.90 Å². The highest BCUT2D eigenvalue weighted by atomic mass is 16.5. The minimum atomic E-state index is -1.48. The van der Waals surface area contributed by atoms with Crippen molar-refractivity contribution in [3.05, 3.63) is 0 Å². The summed E-state index contributed by atoms with van der Waals surface area (Å²) in [6.07, 6.45) is 1.92. The van der Waals surface area contributed by atoms with Gasteiger partial charge in [0.1, 0.15) is 0 Å². The summed E-state index contributed by atoms with van der Waals surface area (Å²) >= 11 is 0. The molecule has 1 amide bonds. The lowest BCUT2D eigenvalue weighted by atomic mass is 10.3. The van der Waals surface area contributed by atoms with Gasteiger partial charge in [-0.25, -0.2) is 0 Å². The molecule has 0 radical (unpaired) electrons. The number of nitrogens with zero attached hydrogens (tertiary/aromatic N) is 2. The van der Waals surface area contributed by atoms with E-state index in [1.807, 2.05) is 6.92 Å². The molecule has 27 heavy (non-hydrogen) atoms. The van der Waals surface area contributed by atoms with Crippen LogP contribution < -0.4 is 20.6 Å². The van der Waals surface area contributed by atoms with Crippen LogP contribution in [0.25, 0.3) is 0 Å².